The van der Waals surface area contributed by atoms with Crippen molar-refractivity contribution in [2.24, 2.45) is 0 Å². The van der Waals surface area contributed by atoms with Gasteiger partial charge in [-0.15, -0.1) is 0 Å². The van der Waals surface area contributed by atoms with E-state index < -0.39 is 42.5 Å². The molecule has 0 aliphatic rings. The maximum Gasteiger partial charge on any atom is 0.417 e. The molecular weight excluding hydrogens is 439 g/mol. The first kappa shape index (κ1) is 22.7. The quantitative estimate of drug-likeness (QED) is 0.679. The standard InChI is InChI=1S/C17H17ClF3NO4S2/c1-11(12-4-7-14(8-5-12)27(3,23)24)22(2)28(25,26)16-9-6-13(18)10-15(16)17(19,20)21/h4-11H,1-3H3. The molecule has 0 saturated heterocycles. The predicted octanol–water partition coefficient (Wildman–Crippen LogP) is 4.14. The molecular formula is C17H17ClF3NO4S2. The van der Waals surface area contributed by atoms with Gasteiger partial charge in [-0.05, 0) is 42.8 Å². The molecule has 28 heavy (non-hydrogen) atoms. The van der Waals surface area contributed by atoms with Gasteiger partial charge in [-0.25, -0.2) is 16.8 Å². The molecule has 0 bridgehead atoms. The smallest absolute Gasteiger partial charge is 0.224 e. The molecule has 2 aromatic rings. The molecule has 0 saturated carbocycles. The second-order valence-corrected chi connectivity index (χ2v) is 10.6. The molecule has 2 aromatic carbocycles. The summed E-state index contributed by atoms with van der Waals surface area (Å²) in [6, 6.07) is 7.05. The minimum absolute atomic E-state index is 0.0472. The molecule has 0 amide bonds. The Morgan fingerprint density at radius 1 is 1.00 bits per heavy atom. The van der Waals surface area contributed by atoms with E-state index in [-0.39, 0.29) is 9.92 Å². The summed E-state index contributed by atoms with van der Waals surface area (Å²) in [6.45, 7) is 1.48. The summed E-state index contributed by atoms with van der Waals surface area (Å²) in [5.41, 5.74) is -0.938. The van der Waals surface area contributed by atoms with Crippen molar-refractivity contribution in [2.75, 3.05) is 13.3 Å². The molecule has 0 aliphatic carbocycles. The summed E-state index contributed by atoms with van der Waals surface area (Å²) in [7, 11) is -6.80. The van der Waals surface area contributed by atoms with Gasteiger partial charge in [0.1, 0.15) is 0 Å². The Kier molecular flexibility index (Phi) is 6.20. The third-order valence-corrected chi connectivity index (χ3v) is 7.59. The van der Waals surface area contributed by atoms with E-state index in [1.165, 1.54) is 31.2 Å². The summed E-state index contributed by atoms with van der Waals surface area (Å²) in [5, 5.41) is -0.238. The number of rotatable bonds is 5. The van der Waals surface area contributed by atoms with Crippen LogP contribution in [0.15, 0.2) is 52.3 Å². The molecule has 0 fully saturated rings. The summed E-state index contributed by atoms with van der Waals surface area (Å²) in [6.07, 6.45) is -3.88. The molecule has 0 heterocycles. The van der Waals surface area contributed by atoms with Gasteiger partial charge in [-0.2, -0.15) is 17.5 Å². The maximum atomic E-state index is 13.3. The van der Waals surface area contributed by atoms with Crippen LogP contribution >= 0.6 is 11.6 Å². The fraction of sp³-hybridized carbons (Fsp3) is 0.294. The first-order valence-corrected chi connectivity index (χ1v) is 11.5. The van der Waals surface area contributed by atoms with Crippen LogP contribution in [0.2, 0.25) is 5.02 Å². The van der Waals surface area contributed by atoms with Crippen molar-refractivity contribution in [3.05, 3.63) is 58.6 Å². The number of nitrogens with zero attached hydrogens (tertiary/aromatic N) is 1. The van der Waals surface area contributed by atoms with E-state index in [9.17, 15) is 30.0 Å². The molecule has 1 unspecified atom stereocenters. The molecule has 5 nitrogen and oxygen atoms in total. The third kappa shape index (κ3) is 4.68. The second-order valence-electron chi connectivity index (χ2n) is 6.18. The zero-order chi connectivity index (χ0) is 21.5. The summed E-state index contributed by atoms with van der Waals surface area (Å²) >= 11 is 5.61. The van der Waals surface area contributed by atoms with E-state index in [1.54, 1.807) is 0 Å². The molecule has 2 rings (SSSR count). The highest BCUT2D eigenvalue weighted by Crippen LogP contribution is 2.38. The number of benzene rings is 2. The summed E-state index contributed by atoms with van der Waals surface area (Å²) in [4.78, 5) is -0.863. The Bertz CT molecular complexity index is 1080. The summed E-state index contributed by atoms with van der Waals surface area (Å²) in [5.74, 6) is 0. The molecule has 0 spiro atoms. The van der Waals surface area contributed by atoms with Crippen LogP contribution in [0.3, 0.4) is 0 Å². The van der Waals surface area contributed by atoms with Crippen LogP contribution in [0, 0.1) is 0 Å². The Morgan fingerprint density at radius 2 is 1.54 bits per heavy atom. The minimum Gasteiger partial charge on any atom is -0.224 e. The van der Waals surface area contributed by atoms with Gasteiger partial charge in [0, 0.05) is 24.4 Å². The Labute approximate surface area is 166 Å². The van der Waals surface area contributed by atoms with E-state index in [2.05, 4.69) is 0 Å². The number of sulfone groups is 1. The van der Waals surface area contributed by atoms with Gasteiger partial charge in [0.05, 0.1) is 15.4 Å². The average molecular weight is 456 g/mol. The van der Waals surface area contributed by atoms with Gasteiger partial charge < -0.3 is 0 Å². The van der Waals surface area contributed by atoms with Gasteiger partial charge >= 0.3 is 6.18 Å². The molecule has 0 radical (unpaired) electrons. The summed E-state index contributed by atoms with van der Waals surface area (Å²) < 4.78 is 89.4. The van der Waals surface area contributed by atoms with Crippen molar-refractivity contribution in [3.8, 4) is 0 Å². The van der Waals surface area contributed by atoms with Crippen LogP contribution in [-0.2, 0) is 26.0 Å². The first-order valence-electron chi connectivity index (χ1n) is 7.80. The zero-order valence-electron chi connectivity index (χ0n) is 15.0. The van der Waals surface area contributed by atoms with Crippen LogP contribution in [0.4, 0.5) is 13.2 Å². The van der Waals surface area contributed by atoms with E-state index in [4.69, 9.17) is 11.6 Å². The highest BCUT2D eigenvalue weighted by atomic mass is 35.5. The van der Waals surface area contributed by atoms with Gasteiger partial charge in [0.15, 0.2) is 9.84 Å². The van der Waals surface area contributed by atoms with Crippen molar-refractivity contribution in [1.29, 1.82) is 0 Å². The lowest BCUT2D eigenvalue weighted by molar-refractivity contribution is -0.139. The van der Waals surface area contributed by atoms with Crippen LogP contribution in [0.5, 0.6) is 0 Å². The Hall–Kier alpha value is -1.62. The number of hydrogen-bond acceptors (Lipinski definition) is 4. The molecule has 11 heteroatoms. The lowest BCUT2D eigenvalue weighted by Gasteiger charge is -2.26. The number of sulfonamides is 1. The Morgan fingerprint density at radius 3 is 2.00 bits per heavy atom. The van der Waals surface area contributed by atoms with Gasteiger partial charge in [-0.3, -0.25) is 0 Å². The normalized spacial score (nSPS) is 14.3. The third-order valence-electron chi connectivity index (χ3n) is 4.24. The Balaban J connectivity index is 2.47. The molecule has 1 atom stereocenters. The predicted molar refractivity (Wildman–Crippen MR) is 99.4 cm³/mol. The van der Waals surface area contributed by atoms with E-state index in [0.717, 1.165) is 29.7 Å². The van der Waals surface area contributed by atoms with Crippen molar-refractivity contribution in [1.82, 2.24) is 4.31 Å². The van der Waals surface area contributed by atoms with Crippen LogP contribution in [-0.4, -0.2) is 34.4 Å². The fourth-order valence-electron chi connectivity index (χ4n) is 2.52. The highest BCUT2D eigenvalue weighted by molar-refractivity contribution is 7.90. The van der Waals surface area contributed by atoms with Crippen LogP contribution < -0.4 is 0 Å². The van der Waals surface area contributed by atoms with Crippen molar-refractivity contribution < 1.29 is 30.0 Å². The van der Waals surface area contributed by atoms with E-state index in [0.29, 0.717) is 11.6 Å². The molecule has 0 N–H and O–H groups in total. The topological polar surface area (TPSA) is 71.5 Å². The van der Waals surface area contributed by atoms with Gasteiger partial charge in [0.2, 0.25) is 10.0 Å². The van der Waals surface area contributed by atoms with Crippen LogP contribution in [0.25, 0.3) is 0 Å². The minimum atomic E-state index is -4.91. The monoisotopic (exact) mass is 455 g/mol. The lowest BCUT2D eigenvalue weighted by atomic mass is 10.1. The lowest BCUT2D eigenvalue weighted by Crippen LogP contribution is -2.31. The highest BCUT2D eigenvalue weighted by Gasteiger charge is 2.39. The van der Waals surface area contributed by atoms with Crippen molar-refractivity contribution in [2.45, 2.75) is 28.9 Å². The van der Waals surface area contributed by atoms with Crippen molar-refractivity contribution in [3.63, 3.8) is 0 Å². The SMILES string of the molecule is CC(c1ccc(S(C)(=O)=O)cc1)N(C)S(=O)(=O)c1ccc(Cl)cc1C(F)(F)F. The zero-order valence-corrected chi connectivity index (χ0v) is 17.4. The van der Waals surface area contributed by atoms with E-state index >= 15 is 0 Å². The van der Waals surface area contributed by atoms with E-state index in [1.807, 2.05) is 0 Å². The van der Waals surface area contributed by atoms with Gasteiger partial charge in [0.25, 0.3) is 0 Å². The van der Waals surface area contributed by atoms with Gasteiger partial charge in [-0.1, -0.05) is 23.7 Å². The number of hydrogen-bond donors (Lipinski definition) is 0. The van der Waals surface area contributed by atoms with Crippen molar-refractivity contribution >= 4 is 31.5 Å². The first-order chi connectivity index (χ1) is 12.7. The molecule has 0 aliphatic heterocycles. The van der Waals surface area contributed by atoms with Crippen LogP contribution in [0.1, 0.15) is 24.1 Å². The number of halogens is 4. The fourth-order valence-corrected chi connectivity index (χ4v) is 4.86. The largest absolute Gasteiger partial charge is 0.417 e. The second kappa shape index (κ2) is 7.66. The number of alkyl halides is 3. The average Bonchev–Trinajstić information content (AvgIpc) is 2.58. The molecule has 0 aromatic heterocycles. The molecule has 154 valence electrons. The maximum absolute atomic E-state index is 13.3.